The highest BCUT2D eigenvalue weighted by atomic mass is 16.3. The van der Waals surface area contributed by atoms with E-state index in [0.717, 1.165) is 11.5 Å². The number of furan rings is 1. The summed E-state index contributed by atoms with van der Waals surface area (Å²) in [6, 6.07) is 19.7. The van der Waals surface area contributed by atoms with Gasteiger partial charge >= 0.3 is 0 Å². The summed E-state index contributed by atoms with van der Waals surface area (Å²) in [5.74, 6) is 3.12. The topological polar surface area (TPSA) is 13.1 Å². The second kappa shape index (κ2) is 6.44. The fraction of sp³-hybridized carbons (Fsp3) is 0.360. The molecule has 1 aliphatic rings. The largest absolute Gasteiger partial charge is 0.465 e. The molecule has 3 aromatic rings. The van der Waals surface area contributed by atoms with E-state index >= 15 is 0 Å². The number of hydrogen-bond acceptors (Lipinski definition) is 1. The van der Waals surface area contributed by atoms with Gasteiger partial charge in [0, 0.05) is 16.9 Å². The molecule has 0 saturated carbocycles. The molecule has 0 atom stereocenters. The molecule has 0 amide bonds. The van der Waals surface area contributed by atoms with Crippen molar-refractivity contribution >= 4 is 17.6 Å². The predicted octanol–water partition coefficient (Wildman–Crippen LogP) is 5.73. The van der Waals surface area contributed by atoms with Crippen molar-refractivity contribution in [2.45, 2.75) is 58.7 Å². The summed E-state index contributed by atoms with van der Waals surface area (Å²) in [6.45, 7) is 14.1. The van der Waals surface area contributed by atoms with Gasteiger partial charge in [-0.2, -0.15) is 0 Å². The van der Waals surface area contributed by atoms with Crippen molar-refractivity contribution in [3.8, 4) is 11.1 Å². The second-order valence-corrected chi connectivity index (χ2v) is 9.04. The molecule has 1 nitrogen and oxygen atoms in total. The van der Waals surface area contributed by atoms with Crippen LogP contribution >= 0.6 is 0 Å². The Balaban J connectivity index is 2.11. The average molecular weight is 356 g/mol. The van der Waals surface area contributed by atoms with Crippen LogP contribution in [0.4, 0.5) is 0 Å². The molecular formula is C25H29BO. The van der Waals surface area contributed by atoms with Gasteiger partial charge in [0.05, 0.1) is 0 Å². The Bertz CT molecular complexity index is 963. The van der Waals surface area contributed by atoms with Gasteiger partial charge in [-0.05, 0) is 30.4 Å². The maximum atomic E-state index is 6.71. The van der Waals surface area contributed by atoms with Crippen molar-refractivity contribution in [1.29, 1.82) is 0 Å². The van der Waals surface area contributed by atoms with Gasteiger partial charge in [0.25, 0.3) is 0 Å². The Morgan fingerprint density at radius 3 is 2.11 bits per heavy atom. The highest BCUT2D eigenvalue weighted by molar-refractivity contribution is 6.88. The maximum absolute atomic E-state index is 6.71. The molecule has 138 valence electrons. The molecule has 0 saturated heterocycles. The third kappa shape index (κ3) is 2.69. The van der Waals surface area contributed by atoms with Crippen LogP contribution in [0.1, 0.15) is 64.5 Å². The molecule has 0 fully saturated rings. The molecule has 1 aliphatic heterocycles. The van der Waals surface area contributed by atoms with Gasteiger partial charge in [-0.15, -0.1) is 0 Å². The number of benzene rings is 2. The highest BCUT2D eigenvalue weighted by Crippen LogP contribution is 2.42. The highest BCUT2D eigenvalue weighted by Gasteiger charge is 2.45. The average Bonchev–Trinajstić information content (AvgIpc) is 3.04. The first-order valence-corrected chi connectivity index (χ1v) is 10.2. The SMILES string of the molecule is CC(C)B1c2ccccc2C(C)(C)c2oc(C(C)C)c(-c3ccccc3)c21. The van der Waals surface area contributed by atoms with Crippen LogP contribution in [0.25, 0.3) is 11.1 Å². The maximum Gasteiger partial charge on any atom is 0.217 e. The van der Waals surface area contributed by atoms with E-state index in [4.69, 9.17) is 4.42 Å². The van der Waals surface area contributed by atoms with Crippen molar-refractivity contribution < 1.29 is 4.42 Å². The van der Waals surface area contributed by atoms with E-state index in [0.29, 0.717) is 18.4 Å². The molecule has 2 heterocycles. The van der Waals surface area contributed by atoms with Crippen LogP contribution in [0.5, 0.6) is 0 Å². The second-order valence-electron chi connectivity index (χ2n) is 9.04. The molecular weight excluding hydrogens is 327 g/mol. The molecule has 1 aromatic heterocycles. The van der Waals surface area contributed by atoms with E-state index in [-0.39, 0.29) is 5.41 Å². The van der Waals surface area contributed by atoms with E-state index in [9.17, 15) is 0 Å². The van der Waals surface area contributed by atoms with Crippen LogP contribution in [0.15, 0.2) is 59.0 Å². The first-order valence-electron chi connectivity index (χ1n) is 10.2. The van der Waals surface area contributed by atoms with Crippen LogP contribution in [-0.4, -0.2) is 6.71 Å². The van der Waals surface area contributed by atoms with E-state index in [1.54, 1.807) is 0 Å². The summed E-state index contributed by atoms with van der Waals surface area (Å²) in [5.41, 5.74) is 6.73. The van der Waals surface area contributed by atoms with Gasteiger partial charge < -0.3 is 4.42 Å². The predicted molar refractivity (Wildman–Crippen MR) is 117 cm³/mol. The molecule has 0 spiro atoms. The van der Waals surface area contributed by atoms with E-state index in [1.807, 2.05) is 0 Å². The Kier molecular flexibility index (Phi) is 4.33. The van der Waals surface area contributed by atoms with Crippen LogP contribution in [0, 0.1) is 0 Å². The van der Waals surface area contributed by atoms with E-state index in [1.165, 1.54) is 27.6 Å². The molecule has 27 heavy (non-hydrogen) atoms. The summed E-state index contributed by atoms with van der Waals surface area (Å²) < 4.78 is 6.71. The number of hydrogen-bond donors (Lipinski definition) is 0. The minimum atomic E-state index is -0.131. The Hall–Kier alpha value is -2.22. The van der Waals surface area contributed by atoms with Crippen molar-refractivity contribution in [2.24, 2.45) is 0 Å². The summed E-state index contributed by atoms with van der Waals surface area (Å²) in [4.78, 5) is 0. The normalized spacial score (nSPS) is 15.2. The molecule has 2 aromatic carbocycles. The summed E-state index contributed by atoms with van der Waals surface area (Å²) in [6.07, 6.45) is 0. The van der Waals surface area contributed by atoms with Gasteiger partial charge in [-0.1, -0.05) is 93.6 Å². The van der Waals surface area contributed by atoms with Crippen LogP contribution in [0.3, 0.4) is 0 Å². The van der Waals surface area contributed by atoms with E-state index < -0.39 is 0 Å². The Labute approximate surface area is 163 Å². The van der Waals surface area contributed by atoms with Crippen LogP contribution < -0.4 is 10.9 Å². The van der Waals surface area contributed by atoms with Crippen molar-refractivity contribution in [2.75, 3.05) is 0 Å². The fourth-order valence-electron chi connectivity index (χ4n) is 4.84. The molecule has 0 unspecified atom stereocenters. The van der Waals surface area contributed by atoms with Gasteiger partial charge in [0.2, 0.25) is 6.71 Å². The minimum absolute atomic E-state index is 0.131. The molecule has 0 radical (unpaired) electrons. The zero-order valence-electron chi connectivity index (χ0n) is 17.3. The van der Waals surface area contributed by atoms with E-state index in [2.05, 4.69) is 96.1 Å². The lowest BCUT2D eigenvalue weighted by Crippen LogP contribution is -2.55. The van der Waals surface area contributed by atoms with Crippen molar-refractivity contribution in [1.82, 2.24) is 0 Å². The number of fused-ring (bicyclic) bond motifs is 2. The van der Waals surface area contributed by atoms with Gasteiger partial charge in [0.1, 0.15) is 11.5 Å². The first-order chi connectivity index (χ1) is 12.8. The summed E-state index contributed by atoms with van der Waals surface area (Å²) in [7, 11) is 0. The third-order valence-electron chi connectivity index (χ3n) is 6.07. The molecule has 0 aliphatic carbocycles. The van der Waals surface area contributed by atoms with Gasteiger partial charge in [-0.25, -0.2) is 0 Å². The van der Waals surface area contributed by atoms with Gasteiger partial charge in [-0.3, -0.25) is 0 Å². The van der Waals surface area contributed by atoms with Crippen LogP contribution in [-0.2, 0) is 5.41 Å². The molecule has 4 rings (SSSR count). The zero-order valence-corrected chi connectivity index (χ0v) is 17.3. The van der Waals surface area contributed by atoms with Crippen LogP contribution in [0.2, 0.25) is 5.82 Å². The lowest BCUT2D eigenvalue weighted by atomic mass is 9.29. The molecule has 2 heteroatoms. The standard InChI is InChI=1S/C25H29BO/c1-16(2)23-21(18-12-8-7-9-13-18)22-24(27-23)25(5,6)19-14-10-11-15-20(19)26(22)17(3)4/h7-17H,1-6H3. The molecule has 0 N–H and O–H groups in total. The smallest absolute Gasteiger partial charge is 0.217 e. The first kappa shape index (κ1) is 18.2. The van der Waals surface area contributed by atoms with Crippen molar-refractivity contribution in [3.05, 3.63) is 71.7 Å². The lowest BCUT2D eigenvalue weighted by Gasteiger charge is -2.36. The van der Waals surface area contributed by atoms with Gasteiger partial charge in [0.15, 0.2) is 0 Å². The zero-order chi connectivity index (χ0) is 19.3. The quantitative estimate of drug-likeness (QED) is 0.547. The summed E-state index contributed by atoms with van der Waals surface area (Å²) >= 11 is 0. The summed E-state index contributed by atoms with van der Waals surface area (Å²) in [5, 5.41) is 0. The van der Waals surface area contributed by atoms with Crippen molar-refractivity contribution in [3.63, 3.8) is 0 Å². The number of rotatable bonds is 3. The monoisotopic (exact) mass is 356 g/mol. The molecule has 0 bridgehead atoms. The Morgan fingerprint density at radius 2 is 1.48 bits per heavy atom. The Morgan fingerprint density at radius 1 is 0.852 bits per heavy atom. The minimum Gasteiger partial charge on any atom is -0.465 e. The fourth-order valence-corrected chi connectivity index (χ4v) is 4.84. The third-order valence-corrected chi connectivity index (χ3v) is 6.07. The lowest BCUT2D eigenvalue weighted by molar-refractivity contribution is 0.395.